The summed E-state index contributed by atoms with van der Waals surface area (Å²) in [5.41, 5.74) is 1.43. The predicted octanol–water partition coefficient (Wildman–Crippen LogP) is 5.84. The number of pyridine rings is 1. The van der Waals surface area contributed by atoms with Crippen molar-refractivity contribution in [2.24, 2.45) is 0 Å². The molecule has 2 heterocycles. The first-order valence-electron chi connectivity index (χ1n) is 7.65. The molecule has 1 N–H and O–H groups in total. The maximum Gasteiger partial charge on any atom is 0.249 e. The van der Waals surface area contributed by atoms with E-state index < -0.39 is 0 Å². The SMILES string of the molecule is Cc1cc(NC(=O)/C=C/c2ccc(Cl)c(Cl)c2)n(-c2ncc(Cl)cc2Cl)n1. The van der Waals surface area contributed by atoms with Crippen LogP contribution in [0, 0.1) is 6.92 Å². The number of aryl methyl sites for hydroxylation is 1. The van der Waals surface area contributed by atoms with Crippen LogP contribution in [0.3, 0.4) is 0 Å². The monoisotopic (exact) mass is 440 g/mol. The van der Waals surface area contributed by atoms with Crippen molar-refractivity contribution in [3.63, 3.8) is 0 Å². The maximum atomic E-state index is 12.3. The number of benzene rings is 1. The molecule has 1 amide bonds. The second-order valence-corrected chi connectivity index (χ2v) is 7.20. The molecule has 0 saturated heterocycles. The van der Waals surface area contributed by atoms with Crippen molar-refractivity contribution in [3.8, 4) is 5.82 Å². The summed E-state index contributed by atoms with van der Waals surface area (Å²) in [4.78, 5) is 16.5. The third kappa shape index (κ3) is 4.82. The Kier molecular flexibility index (Phi) is 6.07. The van der Waals surface area contributed by atoms with Gasteiger partial charge in [-0.05, 0) is 36.8 Å². The van der Waals surface area contributed by atoms with Crippen molar-refractivity contribution in [1.82, 2.24) is 14.8 Å². The van der Waals surface area contributed by atoms with Crippen molar-refractivity contribution in [3.05, 3.63) is 74.0 Å². The highest BCUT2D eigenvalue weighted by Gasteiger charge is 2.14. The minimum Gasteiger partial charge on any atom is -0.307 e. The van der Waals surface area contributed by atoms with Gasteiger partial charge in [0.25, 0.3) is 0 Å². The van der Waals surface area contributed by atoms with Gasteiger partial charge in [0.15, 0.2) is 5.82 Å². The van der Waals surface area contributed by atoms with E-state index >= 15 is 0 Å². The van der Waals surface area contributed by atoms with Gasteiger partial charge in [0.1, 0.15) is 5.82 Å². The average molecular weight is 442 g/mol. The Labute approximate surface area is 175 Å². The van der Waals surface area contributed by atoms with Crippen LogP contribution < -0.4 is 5.32 Å². The lowest BCUT2D eigenvalue weighted by atomic mass is 10.2. The first kappa shape index (κ1) is 19.7. The molecule has 0 saturated carbocycles. The molecule has 9 heteroatoms. The lowest BCUT2D eigenvalue weighted by molar-refractivity contribution is -0.111. The van der Waals surface area contributed by atoms with Crippen LogP contribution in [0.2, 0.25) is 20.1 Å². The van der Waals surface area contributed by atoms with Gasteiger partial charge in [0.2, 0.25) is 5.91 Å². The van der Waals surface area contributed by atoms with Gasteiger partial charge in [-0.3, -0.25) is 4.79 Å². The van der Waals surface area contributed by atoms with E-state index in [2.05, 4.69) is 15.4 Å². The number of carbonyl (C=O) groups is 1. The number of nitrogens with zero attached hydrogens (tertiary/aromatic N) is 3. The number of anilines is 1. The third-order valence-electron chi connectivity index (χ3n) is 3.44. The summed E-state index contributed by atoms with van der Waals surface area (Å²) in [6.07, 6.45) is 4.46. The average Bonchev–Trinajstić information content (AvgIpc) is 2.96. The van der Waals surface area contributed by atoms with Gasteiger partial charge < -0.3 is 5.32 Å². The van der Waals surface area contributed by atoms with E-state index in [0.717, 1.165) is 5.56 Å². The van der Waals surface area contributed by atoms with Crippen LogP contribution >= 0.6 is 46.4 Å². The first-order valence-corrected chi connectivity index (χ1v) is 9.17. The van der Waals surface area contributed by atoms with Crippen molar-refractivity contribution in [1.29, 1.82) is 0 Å². The van der Waals surface area contributed by atoms with Crippen LogP contribution in [0.4, 0.5) is 5.82 Å². The molecule has 0 spiro atoms. The minimum absolute atomic E-state index is 0.312. The summed E-state index contributed by atoms with van der Waals surface area (Å²) in [6.45, 7) is 1.79. The summed E-state index contributed by atoms with van der Waals surface area (Å²) in [5, 5.41) is 8.65. The molecule has 3 aromatic rings. The maximum absolute atomic E-state index is 12.3. The molecular formula is C18H12Cl4N4O. The summed E-state index contributed by atoms with van der Waals surface area (Å²) in [6, 6.07) is 8.34. The zero-order valence-electron chi connectivity index (χ0n) is 13.9. The number of carbonyl (C=O) groups excluding carboxylic acids is 1. The Morgan fingerprint density at radius 2 is 1.85 bits per heavy atom. The zero-order valence-corrected chi connectivity index (χ0v) is 16.9. The summed E-state index contributed by atoms with van der Waals surface area (Å²) >= 11 is 23.9. The van der Waals surface area contributed by atoms with Crippen LogP contribution in [0.1, 0.15) is 11.3 Å². The fourth-order valence-electron chi connectivity index (χ4n) is 2.27. The fourth-order valence-corrected chi connectivity index (χ4v) is 3.04. The lowest BCUT2D eigenvalue weighted by Crippen LogP contribution is -2.13. The Morgan fingerprint density at radius 1 is 1.07 bits per heavy atom. The van der Waals surface area contributed by atoms with E-state index in [1.54, 1.807) is 43.3 Å². The van der Waals surface area contributed by atoms with Gasteiger partial charge in [-0.1, -0.05) is 52.5 Å². The number of halogens is 4. The third-order valence-corrected chi connectivity index (χ3v) is 4.67. The Bertz CT molecular complexity index is 1050. The van der Waals surface area contributed by atoms with Crippen LogP contribution in [-0.2, 0) is 4.79 Å². The van der Waals surface area contributed by atoms with Gasteiger partial charge in [-0.25, -0.2) is 4.98 Å². The van der Waals surface area contributed by atoms with Gasteiger partial charge >= 0.3 is 0 Å². The fraction of sp³-hybridized carbons (Fsp3) is 0.0556. The highest BCUT2D eigenvalue weighted by molar-refractivity contribution is 6.42. The number of hydrogen-bond donors (Lipinski definition) is 1. The van der Waals surface area contributed by atoms with E-state index in [-0.39, 0.29) is 5.91 Å². The summed E-state index contributed by atoms with van der Waals surface area (Å²) in [5.74, 6) is 0.429. The molecule has 27 heavy (non-hydrogen) atoms. The van der Waals surface area contributed by atoms with E-state index in [1.165, 1.54) is 17.0 Å². The summed E-state index contributed by atoms with van der Waals surface area (Å²) in [7, 11) is 0. The molecule has 1 aromatic carbocycles. The quantitative estimate of drug-likeness (QED) is 0.517. The van der Waals surface area contributed by atoms with E-state index in [9.17, 15) is 4.79 Å². The van der Waals surface area contributed by atoms with Gasteiger partial charge in [0.05, 0.1) is 25.8 Å². The van der Waals surface area contributed by atoms with Crippen molar-refractivity contribution in [2.45, 2.75) is 6.92 Å². The van der Waals surface area contributed by atoms with Crippen LogP contribution in [0.15, 0.2) is 42.6 Å². The number of aromatic nitrogens is 3. The normalized spacial score (nSPS) is 11.1. The van der Waals surface area contributed by atoms with Gasteiger partial charge in [-0.2, -0.15) is 9.78 Å². The topological polar surface area (TPSA) is 59.8 Å². The lowest BCUT2D eigenvalue weighted by Gasteiger charge is -2.08. The minimum atomic E-state index is -0.354. The zero-order chi connectivity index (χ0) is 19.6. The van der Waals surface area contributed by atoms with Crippen molar-refractivity contribution < 1.29 is 4.79 Å². The second-order valence-electron chi connectivity index (χ2n) is 5.54. The largest absolute Gasteiger partial charge is 0.307 e. The van der Waals surface area contributed by atoms with E-state index in [4.69, 9.17) is 46.4 Å². The molecular weight excluding hydrogens is 430 g/mol. The highest BCUT2D eigenvalue weighted by Crippen LogP contribution is 2.25. The number of amides is 1. The second kappa shape index (κ2) is 8.31. The number of rotatable bonds is 4. The molecule has 3 rings (SSSR count). The van der Waals surface area contributed by atoms with Gasteiger partial charge in [-0.15, -0.1) is 0 Å². The first-order chi connectivity index (χ1) is 12.8. The van der Waals surface area contributed by atoms with Crippen molar-refractivity contribution in [2.75, 3.05) is 5.32 Å². The molecule has 0 bridgehead atoms. The van der Waals surface area contributed by atoms with Crippen molar-refractivity contribution >= 4 is 64.2 Å². The molecule has 2 aromatic heterocycles. The van der Waals surface area contributed by atoms with Crippen LogP contribution in [0.5, 0.6) is 0 Å². The molecule has 5 nitrogen and oxygen atoms in total. The smallest absolute Gasteiger partial charge is 0.249 e. The van der Waals surface area contributed by atoms with Crippen LogP contribution in [0.25, 0.3) is 11.9 Å². The summed E-state index contributed by atoms with van der Waals surface area (Å²) < 4.78 is 1.44. The van der Waals surface area contributed by atoms with E-state index in [0.29, 0.717) is 37.4 Å². The molecule has 0 atom stereocenters. The standard InChI is InChI=1S/C18H12Cl4N4O/c1-10-6-16(26(25-10)18-15(22)8-12(19)9-23-18)24-17(27)5-3-11-2-4-13(20)14(21)7-11/h2-9H,1H3,(H,24,27)/b5-3+. The van der Waals surface area contributed by atoms with Gasteiger partial charge in [0, 0.05) is 18.3 Å². The Morgan fingerprint density at radius 3 is 2.56 bits per heavy atom. The molecule has 0 aliphatic heterocycles. The molecule has 138 valence electrons. The molecule has 0 aliphatic carbocycles. The Balaban J connectivity index is 1.82. The van der Waals surface area contributed by atoms with E-state index in [1.807, 2.05) is 0 Å². The number of hydrogen-bond acceptors (Lipinski definition) is 3. The number of nitrogens with one attached hydrogen (secondary N) is 1. The predicted molar refractivity (Wildman–Crippen MR) is 110 cm³/mol. The molecule has 0 fully saturated rings. The highest BCUT2D eigenvalue weighted by atomic mass is 35.5. The molecule has 0 aliphatic rings. The Hall–Kier alpha value is -2.05. The molecule has 0 radical (unpaired) electrons. The van der Waals surface area contributed by atoms with Crippen LogP contribution in [-0.4, -0.2) is 20.7 Å². The molecule has 0 unspecified atom stereocenters.